The largest absolute Gasteiger partial charge is 0.478 e. The number of carbonyl (C=O) groups excluding carboxylic acids is 1. The van der Waals surface area contributed by atoms with E-state index < -0.39 is 11.8 Å². The molecule has 82 valence electrons. The summed E-state index contributed by atoms with van der Waals surface area (Å²) in [4.78, 5) is 19.9. The van der Waals surface area contributed by atoms with Gasteiger partial charge in [-0.2, -0.15) is 0 Å². The molecule has 1 aliphatic heterocycles. The Morgan fingerprint density at radius 1 is 1.57 bits per heavy atom. The summed E-state index contributed by atoms with van der Waals surface area (Å²) >= 11 is 0. The van der Waals surface area contributed by atoms with E-state index in [-0.39, 0.29) is 12.2 Å². The van der Waals surface area contributed by atoms with E-state index in [2.05, 4.69) is 5.32 Å². The van der Waals surface area contributed by atoms with Crippen molar-refractivity contribution >= 4 is 11.8 Å². The van der Waals surface area contributed by atoms with E-state index in [1.807, 2.05) is 6.92 Å². The number of hydrogen-bond donors (Lipinski definition) is 2. The highest BCUT2D eigenvalue weighted by Gasteiger charge is 2.41. The molecule has 1 atom stereocenters. The van der Waals surface area contributed by atoms with Crippen molar-refractivity contribution in [3.63, 3.8) is 0 Å². The predicted octanol–water partition coefficient (Wildman–Crippen LogP) is 1.11. The third-order valence-corrected chi connectivity index (χ3v) is 1.94. The molecule has 4 nitrogen and oxygen atoms in total. The lowest BCUT2D eigenvalue weighted by molar-refractivity contribution is -0.152. The number of hydrogen-bond acceptors (Lipinski definition) is 3. The van der Waals surface area contributed by atoms with E-state index >= 15 is 0 Å². The van der Waals surface area contributed by atoms with Crippen LogP contribution in [-0.2, 0) is 9.59 Å². The highest BCUT2D eigenvalue weighted by atomic mass is 19.1. The van der Waals surface area contributed by atoms with E-state index in [9.17, 15) is 14.0 Å². The first-order chi connectivity index (χ1) is 6.42. The number of carboxylic acids is 1. The molecule has 0 aromatic rings. The van der Waals surface area contributed by atoms with Crippen molar-refractivity contribution in [2.45, 2.75) is 38.9 Å². The van der Waals surface area contributed by atoms with E-state index in [0.29, 0.717) is 19.4 Å². The van der Waals surface area contributed by atoms with Gasteiger partial charge in [-0.25, -0.2) is 9.18 Å². The molecule has 0 radical (unpaired) electrons. The third kappa shape index (κ3) is 4.32. The zero-order chi connectivity index (χ0) is 11.2. The molecule has 1 rings (SSSR count). The molecule has 0 aliphatic carbocycles. The van der Waals surface area contributed by atoms with Crippen LogP contribution in [0.4, 0.5) is 4.39 Å². The molecule has 0 saturated carbocycles. The number of rotatable bonds is 2. The smallest absolute Gasteiger partial charge is 0.356 e. The molecular weight excluding hydrogens is 189 g/mol. The van der Waals surface area contributed by atoms with Crippen LogP contribution in [0.5, 0.6) is 0 Å². The van der Waals surface area contributed by atoms with Gasteiger partial charge in [0.1, 0.15) is 5.78 Å². The molecule has 0 aromatic carbocycles. The average molecular weight is 205 g/mol. The van der Waals surface area contributed by atoms with Crippen molar-refractivity contribution < 1.29 is 19.1 Å². The molecule has 5 heteroatoms. The zero-order valence-electron chi connectivity index (χ0n) is 8.47. The Balaban J connectivity index is 0.000000292. The monoisotopic (exact) mass is 205 g/mol. The second-order valence-corrected chi connectivity index (χ2v) is 3.19. The fraction of sp³-hybridized carbons (Fsp3) is 0.778. The highest BCUT2D eigenvalue weighted by molar-refractivity contribution is 5.77. The minimum Gasteiger partial charge on any atom is -0.478 e. The first-order valence-corrected chi connectivity index (χ1v) is 4.59. The number of alkyl halides is 1. The lowest BCUT2D eigenvalue weighted by Crippen LogP contribution is -2.42. The fourth-order valence-electron chi connectivity index (χ4n) is 0.889. The minimum absolute atomic E-state index is 0.0856. The third-order valence-electron chi connectivity index (χ3n) is 1.94. The number of carboxylic acid groups (broad SMARTS) is 1. The summed E-state index contributed by atoms with van der Waals surface area (Å²) < 4.78 is 12.7. The Morgan fingerprint density at radius 3 is 2.21 bits per heavy atom. The normalized spacial score (nSPS) is 25.1. The summed E-state index contributed by atoms with van der Waals surface area (Å²) in [6.45, 7) is 3.89. The Labute approximate surface area is 82.5 Å². The first kappa shape index (κ1) is 13.0. The van der Waals surface area contributed by atoms with Gasteiger partial charge in [0.25, 0.3) is 5.79 Å². The molecule has 1 saturated heterocycles. The van der Waals surface area contributed by atoms with Crippen LogP contribution in [0.15, 0.2) is 0 Å². The van der Waals surface area contributed by atoms with Crippen LogP contribution < -0.4 is 5.32 Å². The van der Waals surface area contributed by atoms with Crippen LogP contribution in [0.3, 0.4) is 0 Å². The first-order valence-electron chi connectivity index (χ1n) is 4.59. The van der Waals surface area contributed by atoms with Gasteiger partial charge in [-0.3, -0.25) is 5.32 Å². The molecule has 2 N–H and O–H groups in total. The van der Waals surface area contributed by atoms with Gasteiger partial charge in [-0.15, -0.1) is 0 Å². The maximum absolute atomic E-state index is 12.7. The van der Waals surface area contributed by atoms with Crippen molar-refractivity contribution in [3.8, 4) is 0 Å². The number of ketones is 1. The van der Waals surface area contributed by atoms with E-state index in [0.717, 1.165) is 0 Å². The van der Waals surface area contributed by atoms with Crippen LogP contribution in [0.2, 0.25) is 0 Å². The molecule has 1 aliphatic rings. The quantitative estimate of drug-likeness (QED) is 0.662. The second-order valence-electron chi connectivity index (χ2n) is 3.19. The zero-order valence-corrected chi connectivity index (χ0v) is 8.47. The molecule has 0 unspecified atom stereocenters. The van der Waals surface area contributed by atoms with E-state index in [4.69, 9.17) is 5.11 Å². The lowest BCUT2D eigenvalue weighted by Gasteiger charge is -2.11. The summed E-state index contributed by atoms with van der Waals surface area (Å²) in [5.74, 6) is -3.29. The van der Waals surface area contributed by atoms with E-state index in [1.54, 1.807) is 6.92 Å². The maximum Gasteiger partial charge on any atom is 0.356 e. The molecular formula is C9H16FNO3. The average Bonchev–Trinajstić information content (AvgIpc) is 2.54. The van der Waals surface area contributed by atoms with Gasteiger partial charge in [0.05, 0.1) is 0 Å². The topological polar surface area (TPSA) is 66.4 Å². The Kier molecular flexibility index (Phi) is 5.30. The van der Waals surface area contributed by atoms with Gasteiger partial charge in [-0.05, 0) is 19.9 Å². The molecule has 1 fully saturated rings. The summed E-state index contributed by atoms with van der Waals surface area (Å²) in [6, 6.07) is 0. The Bertz CT molecular complexity index is 212. The summed E-state index contributed by atoms with van der Waals surface area (Å²) in [5.41, 5.74) is 0. The standard InChI is InChI=1S/C5H8FNO2.C4H8O/c6-5(4(8)9)2-1-3-7-5;1-3-4(2)5/h7H,1-3H2,(H,8,9);3H2,1-2H3/t5-;/m0./s1. The number of nitrogens with one attached hydrogen (secondary N) is 1. The minimum atomic E-state index is -2.14. The maximum atomic E-state index is 12.7. The molecule has 1 heterocycles. The Morgan fingerprint density at radius 2 is 2.07 bits per heavy atom. The highest BCUT2D eigenvalue weighted by Crippen LogP contribution is 2.20. The number of aliphatic carboxylic acids is 1. The summed E-state index contributed by atoms with van der Waals surface area (Å²) in [7, 11) is 0. The summed E-state index contributed by atoms with van der Waals surface area (Å²) in [5, 5.41) is 10.5. The molecule has 0 amide bonds. The van der Waals surface area contributed by atoms with Crippen LogP contribution in [0.25, 0.3) is 0 Å². The second kappa shape index (κ2) is 5.70. The van der Waals surface area contributed by atoms with Crippen molar-refractivity contribution in [3.05, 3.63) is 0 Å². The van der Waals surface area contributed by atoms with Crippen molar-refractivity contribution in [2.75, 3.05) is 6.54 Å². The predicted molar refractivity (Wildman–Crippen MR) is 49.7 cm³/mol. The molecule has 0 aromatic heterocycles. The van der Waals surface area contributed by atoms with Crippen molar-refractivity contribution in [1.29, 1.82) is 0 Å². The van der Waals surface area contributed by atoms with Crippen LogP contribution in [-0.4, -0.2) is 29.2 Å². The molecule has 0 spiro atoms. The SMILES string of the molecule is CCC(C)=O.O=C(O)[C@]1(F)CCCN1. The van der Waals surface area contributed by atoms with Crippen LogP contribution >= 0.6 is 0 Å². The number of halogens is 1. The van der Waals surface area contributed by atoms with Gasteiger partial charge in [0.15, 0.2) is 0 Å². The number of carbonyl (C=O) groups is 2. The van der Waals surface area contributed by atoms with Gasteiger partial charge < -0.3 is 9.90 Å². The van der Waals surface area contributed by atoms with Gasteiger partial charge >= 0.3 is 5.97 Å². The van der Waals surface area contributed by atoms with Crippen molar-refractivity contribution in [2.24, 2.45) is 0 Å². The Hall–Kier alpha value is -0.970. The summed E-state index contributed by atoms with van der Waals surface area (Å²) in [6.07, 6.45) is 1.35. The van der Waals surface area contributed by atoms with Gasteiger partial charge in [0.2, 0.25) is 0 Å². The van der Waals surface area contributed by atoms with Crippen molar-refractivity contribution in [1.82, 2.24) is 5.32 Å². The van der Waals surface area contributed by atoms with E-state index in [1.165, 1.54) is 0 Å². The van der Waals surface area contributed by atoms with Crippen LogP contribution in [0, 0.1) is 0 Å². The van der Waals surface area contributed by atoms with Gasteiger partial charge in [-0.1, -0.05) is 6.92 Å². The van der Waals surface area contributed by atoms with Gasteiger partial charge in [0, 0.05) is 12.8 Å². The molecule has 0 bridgehead atoms. The molecule has 14 heavy (non-hydrogen) atoms. The fourth-order valence-corrected chi connectivity index (χ4v) is 0.889. The number of Topliss-reactive ketones (excluding diaryl/α,β-unsaturated/α-hetero) is 1. The lowest BCUT2D eigenvalue weighted by atomic mass is 10.2. The van der Waals surface area contributed by atoms with Crippen LogP contribution in [0.1, 0.15) is 33.1 Å².